The highest BCUT2D eigenvalue weighted by Gasteiger charge is 2.28. The Balaban J connectivity index is 1.39. The standard InChI is InChI=1S/C17H20N4O2/c1-23-15-5-2-13(3-6-15)4-7-17(22)20-14-11-21(12-14)16-10-18-8-9-19-16/h2-3,5-6,8-10,14H,4,7,11-12H2,1H3,(H,20,22). The molecule has 23 heavy (non-hydrogen) atoms. The number of aromatic nitrogens is 2. The van der Waals surface area contributed by atoms with Gasteiger partial charge in [0.2, 0.25) is 5.91 Å². The van der Waals surface area contributed by atoms with Crippen LogP contribution in [0.1, 0.15) is 12.0 Å². The van der Waals surface area contributed by atoms with E-state index in [1.54, 1.807) is 25.7 Å². The van der Waals surface area contributed by atoms with Crippen LogP contribution in [-0.2, 0) is 11.2 Å². The molecule has 6 nitrogen and oxygen atoms in total. The van der Waals surface area contributed by atoms with Gasteiger partial charge in [0.15, 0.2) is 0 Å². The van der Waals surface area contributed by atoms with Gasteiger partial charge in [0.25, 0.3) is 0 Å². The molecule has 120 valence electrons. The van der Waals surface area contributed by atoms with Crippen molar-refractivity contribution in [2.45, 2.75) is 18.9 Å². The molecule has 1 aromatic carbocycles. The summed E-state index contributed by atoms with van der Waals surface area (Å²) in [6.45, 7) is 1.57. The van der Waals surface area contributed by atoms with Gasteiger partial charge in [-0.2, -0.15) is 0 Å². The molecule has 1 amide bonds. The molecular formula is C17H20N4O2. The van der Waals surface area contributed by atoms with E-state index in [-0.39, 0.29) is 11.9 Å². The third-order valence-electron chi connectivity index (χ3n) is 3.92. The molecule has 0 radical (unpaired) electrons. The minimum atomic E-state index is 0.0876. The quantitative estimate of drug-likeness (QED) is 0.874. The van der Waals surface area contributed by atoms with Gasteiger partial charge in [-0.15, -0.1) is 0 Å². The van der Waals surface area contributed by atoms with Crippen LogP contribution in [-0.4, -0.2) is 42.1 Å². The fraction of sp³-hybridized carbons (Fsp3) is 0.353. The number of carbonyl (C=O) groups excluding carboxylic acids is 1. The highest BCUT2D eigenvalue weighted by atomic mass is 16.5. The molecule has 1 aliphatic heterocycles. The van der Waals surface area contributed by atoms with Crippen LogP contribution in [0, 0.1) is 0 Å². The molecule has 0 saturated carbocycles. The number of rotatable bonds is 6. The zero-order valence-corrected chi connectivity index (χ0v) is 13.1. The van der Waals surface area contributed by atoms with Crippen molar-refractivity contribution in [2.75, 3.05) is 25.1 Å². The predicted octanol–water partition coefficient (Wildman–Crippen LogP) is 1.42. The SMILES string of the molecule is COc1ccc(CCC(=O)NC2CN(c3cnccn3)C2)cc1. The van der Waals surface area contributed by atoms with Gasteiger partial charge >= 0.3 is 0 Å². The monoisotopic (exact) mass is 312 g/mol. The molecule has 0 spiro atoms. The van der Waals surface area contributed by atoms with E-state index in [0.717, 1.165) is 36.6 Å². The van der Waals surface area contributed by atoms with Crippen molar-refractivity contribution < 1.29 is 9.53 Å². The molecule has 1 N–H and O–H groups in total. The van der Waals surface area contributed by atoms with Crippen molar-refractivity contribution in [3.63, 3.8) is 0 Å². The van der Waals surface area contributed by atoms with Gasteiger partial charge < -0.3 is 15.0 Å². The summed E-state index contributed by atoms with van der Waals surface area (Å²) in [5.41, 5.74) is 1.13. The maximum atomic E-state index is 12.0. The fourth-order valence-corrected chi connectivity index (χ4v) is 2.56. The molecule has 2 aromatic rings. The summed E-state index contributed by atoms with van der Waals surface area (Å²) >= 11 is 0. The van der Waals surface area contributed by atoms with E-state index in [0.29, 0.717) is 6.42 Å². The van der Waals surface area contributed by atoms with Crippen LogP contribution in [0.15, 0.2) is 42.9 Å². The van der Waals surface area contributed by atoms with Crippen molar-refractivity contribution in [1.82, 2.24) is 15.3 Å². The first kappa shape index (κ1) is 15.3. The van der Waals surface area contributed by atoms with Crippen molar-refractivity contribution in [3.05, 3.63) is 48.4 Å². The van der Waals surface area contributed by atoms with Crippen LogP contribution in [0.5, 0.6) is 5.75 Å². The third-order valence-corrected chi connectivity index (χ3v) is 3.92. The first-order chi connectivity index (χ1) is 11.2. The van der Waals surface area contributed by atoms with E-state index in [1.165, 1.54) is 0 Å². The molecule has 2 heterocycles. The van der Waals surface area contributed by atoms with Crippen molar-refractivity contribution >= 4 is 11.7 Å². The molecule has 0 unspecified atom stereocenters. The summed E-state index contributed by atoms with van der Waals surface area (Å²) in [5.74, 6) is 1.78. The second-order valence-electron chi connectivity index (χ2n) is 5.58. The lowest BCUT2D eigenvalue weighted by Crippen LogP contribution is -2.59. The Kier molecular flexibility index (Phi) is 4.71. The zero-order valence-electron chi connectivity index (χ0n) is 13.1. The van der Waals surface area contributed by atoms with Crippen LogP contribution in [0.2, 0.25) is 0 Å². The van der Waals surface area contributed by atoms with E-state index in [2.05, 4.69) is 20.2 Å². The Morgan fingerprint density at radius 2 is 2.09 bits per heavy atom. The maximum Gasteiger partial charge on any atom is 0.220 e. The summed E-state index contributed by atoms with van der Waals surface area (Å²) in [6.07, 6.45) is 6.30. The Morgan fingerprint density at radius 3 is 2.74 bits per heavy atom. The molecule has 0 bridgehead atoms. The third kappa shape index (κ3) is 3.97. The number of benzene rings is 1. The van der Waals surface area contributed by atoms with Gasteiger partial charge in [-0.25, -0.2) is 4.98 Å². The molecule has 1 aromatic heterocycles. The van der Waals surface area contributed by atoms with Gasteiger partial charge in [0.05, 0.1) is 19.3 Å². The second kappa shape index (κ2) is 7.09. The van der Waals surface area contributed by atoms with Gasteiger partial charge in [0.1, 0.15) is 11.6 Å². The minimum absolute atomic E-state index is 0.0876. The van der Waals surface area contributed by atoms with Gasteiger partial charge in [0, 0.05) is 31.9 Å². The molecular weight excluding hydrogens is 292 g/mol. The average molecular weight is 312 g/mol. The number of ether oxygens (including phenoxy) is 1. The Labute approximate surface area is 135 Å². The molecule has 1 fully saturated rings. The Hall–Kier alpha value is -2.63. The van der Waals surface area contributed by atoms with Crippen LogP contribution < -0.4 is 15.0 Å². The summed E-state index contributed by atoms with van der Waals surface area (Å²) in [5, 5.41) is 3.06. The van der Waals surface area contributed by atoms with Crippen molar-refractivity contribution in [1.29, 1.82) is 0 Å². The van der Waals surface area contributed by atoms with Crippen LogP contribution in [0.25, 0.3) is 0 Å². The number of hydrogen-bond donors (Lipinski definition) is 1. The smallest absolute Gasteiger partial charge is 0.220 e. The molecule has 6 heteroatoms. The van der Waals surface area contributed by atoms with E-state index < -0.39 is 0 Å². The van der Waals surface area contributed by atoms with Crippen LogP contribution in [0.3, 0.4) is 0 Å². The highest BCUT2D eigenvalue weighted by Crippen LogP contribution is 2.17. The molecule has 0 aliphatic carbocycles. The topological polar surface area (TPSA) is 67.3 Å². The summed E-state index contributed by atoms with van der Waals surface area (Å²) in [7, 11) is 1.64. The van der Waals surface area contributed by atoms with E-state index in [4.69, 9.17) is 4.74 Å². The first-order valence-electron chi connectivity index (χ1n) is 7.68. The van der Waals surface area contributed by atoms with Crippen molar-refractivity contribution in [3.8, 4) is 5.75 Å². The Bertz CT molecular complexity index is 639. The number of carbonyl (C=O) groups is 1. The summed E-state index contributed by atoms with van der Waals surface area (Å²) in [6, 6.07) is 8.01. The number of aryl methyl sites for hydroxylation is 1. The number of hydrogen-bond acceptors (Lipinski definition) is 5. The van der Waals surface area contributed by atoms with E-state index >= 15 is 0 Å². The Morgan fingerprint density at radius 1 is 1.30 bits per heavy atom. The average Bonchev–Trinajstić information content (AvgIpc) is 2.57. The van der Waals surface area contributed by atoms with Crippen molar-refractivity contribution in [2.24, 2.45) is 0 Å². The number of methoxy groups -OCH3 is 1. The van der Waals surface area contributed by atoms with Crippen LogP contribution >= 0.6 is 0 Å². The van der Waals surface area contributed by atoms with Crippen LogP contribution in [0.4, 0.5) is 5.82 Å². The molecule has 1 saturated heterocycles. The van der Waals surface area contributed by atoms with Gasteiger partial charge in [-0.05, 0) is 24.1 Å². The second-order valence-corrected chi connectivity index (χ2v) is 5.58. The van der Waals surface area contributed by atoms with E-state index in [9.17, 15) is 4.79 Å². The highest BCUT2D eigenvalue weighted by molar-refractivity contribution is 5.77. The lowest BCUT2D eigenvalue weighted by atomic mass is 10.1. The van der Waals surface area contributed by atoms with E-state index in [1.807, 2.05) is 24.3 Å². The largest absolute Gasteiger partial charge is 0.497 e. The summed E-state index contributed by atoms with van der Waals surface area (Å²) in [4.78, 5) is 22.4. The number of nitrogens with zero attached hydrogens (tertiary/aromatic N) is 3. The first-order valence-corrected chi connectivity index (χ1v) is 7.68. The minimum Gasteiger partial charge on any atom is -0.497 e. The van der Waals surface area contributed by atoms with Gasteiger partial charge in [-0.3, -0.25) is 9.78 Å². The number of amides is 1. The fourth-order valence-electron chi connectivity index (χ4n) is 2.56. The normalized spacial score (nSPS) is 14.2. The molecule has 3 rings (SSSR count). The lowest BCUT2D eigenvalue weighted by Gasteiger charge is -2.40. The molecule has 1 aliphatic rings. The summed E-state index contributed by atoms with van der Waals surface area (Å²) < 4.78 is 5.12. The number of anilines is 1. The zero-order chi connectivity index (χ0) is 16.1. The maximum absolute atomic E-state index is 12.0. The molecule has 0 atom stereocenters. The number of nitrogens with one attached hydrogen (secondary N) is 1. The lowest BCUT2D eigenvalue weighted by molar-refractivity contribution is -0.121. The predicted molar refractivity (Wildman–Crippen MR) is 87.5 cm³/mol. The van der Waals surface area contributed by atoms with Gasteiger partial charge in [-0.1, -0.05) is 12.1 Å².